The second-order valence-electron chi connectivity index (χ2n) is 4.82. The summed E-state index contributed by atoms with van der Waals surface area (Å²) in [5.41, 5.74) is 4.65. The molecule has 0 saturated heterocycles. The van der Waals surface area contributed by atoms with Crippen LogP contribution in [0.25, 0.3) is 0 Å². The topological polar surface area (TPSA) is 21.3 Å². The fourth-order valence-electron chi connectivity index (χ4n) is 2.27. The van der Waals surface area contributed by atoms with Crippen molar-refractivity contribution in [3.8, 4) is 5.75 Å². The van der Waals surface area contributed by atoms with Gasteiger partial charge < -0.3 is 10.1 Å². The third kappa shape index (κ3) is 3.68. The maximum absolute atomic E-state index is 6.09. The van der Waals surface area contributed by atoms with Crippen LogP contribution in [0.5, 0.6) is 5.75 Å². The van der Waals surface area contributed by atoms with E-state index in [0.29, 0.717) is 5.02 Å². The van der Waals surface area contributed by atoms with Crippen molar-refractivity contribution in [2.45, 2.75) is 20.4 Å². The number of rotatable bonds is 4. The lowest BCUT2D eigenvalue weighted by Gasteiger charge is -2.14. The molecule has 2 rings (SSSR count). The van der Waals surface area contributed by atoms with E-state index in [4.69, 9.17) is 16.3 Å². The summed E-state index contributed by atoms with van der Waals surface area (Å²) < 4.78 is 6.24. The van der Waals surface area contributed by atoms with E-state index in [-0.39, 0.29) is 0 Å². The zero-order valence-electron chi connectivity index (χ0n) is 11.8. The first-order valence-corrected chi connectivity index (χ1v) is 7.51. The van der Waals surface area contributed by atoms with Crippen LogP contribution in [0, 0.1) is 13.8 Å². The molecule has 0 saturated carbocycles. The molecular weight excluding hydrogens is 338 g/mol. The van der Waals surface area contributed by atoms with Gasteiger partial charge in [-0.3, -0.25) is 0 Å². The van der Waals surface area contributed by atoms with Gasteiger partial charge in [0.05, 0.1) is 17.3 Å². The van der Waals surface area contributed by atoms with Gasteiger partial charge >= 0.3 is 0 Å². The van der Waals surface area contributed by atoms with E-state index in [0.717, 1.165) is 22.5 Å². The number of ether oxygens (including phenoxy) is 1. The molecule has 0 unspecified atom stereocenters. The lowest BCUT2D eigenvalue weighted by atomic mass is 10.1. The SMILES string of the molecule is COc1c(Br)cc(Cl)cc1NCc1cc(C)cc(C)c1. The lowest BCUT2D eigenvalue weighted by Crippen LogP contribution is -2.02. The van der Waals surface area contributed by atoms with Crippen LogP contribution in [-0.4, -0.2) is 7.11 Å². The minimum Gasteiger partial charge on any atom is -0.493 e. The van der Waals surface area contributed by atoms with Crippen LogP contribution in [0.3, 0.4) is 0 Å². The highest BCUT2D eigenvalue weighted by Gasteiger charge is 2.09. The third-order valence-electron chi connectivity index (χ3n) is 2.98. The molecule has 4 heteroatoms. The number of methoxy groups -OCH3 is 1. The first-order valence-electron chi connectivity index (χ1n) is 6.33. The molecule has 0 bridgehead atoms. The molecule has 0 amide bonds. The van der Waals surface area contributed by atoms with Crippen molar-refractivity contribution in [2.75, 3.05) is 12.4 Å². The molecule has 0 spiro atoms. The quantitative estimate of drug-likeness (QED) is 0.800. The Balaban J connectivity index is 2.22. The summed E-state index contributed by atoms with van der Waals surface area (Å²) >= 11 is 9.54. The van der Waals surface area contributed by atoms with Gasteiger partial charge in [0, 0.05) is 11.6 Å². The molecule has 106 valence electrons. The Morgan fingerprint density at radius 3 is 2.35 bits per heavy atom. The van der Waals surface area contributed by atoms with Crippen LogP contribution in [0.4, 0.5) is 5.69 Å². The first kappa shape index (κ1) is 15.2. The maximum Gasteiger partial charge on any atom is 0.156 e. The van der Waals surface area contributed by atoms with Crippen molar-refractivity contribution < 1.29 is 4.74 Å². The van der Waals surface area contributed by atoms with Gasteiger partial charge in [-0.05, 0) is 47.5 Å². The molecule has 0 aliphatic heterocycles. The van der Waals surface area contributed by atoms with Gasteiger partial charge in [0.15, 0.2) is 5.75 Å². The molecule has 2 aromatic rings. The third-order valence-corrected chi connectivity index (χ3v) is 3.78. The van der Waals surface area contributed by atoms with Crippen LogP contribution in [0.2, 0.25) is 5.02 Å². The Morgan fingerprint density at radius 1 is 1.10 bits per heavy atom. The van der Waals surface area contributed by atoms with Gasteiger partial charge in [0.1, 0.15) is 0 Å². The second kappa shape index (κ2) is 6.51. The Bertz CT molecular complexity index is 608. The maximum atomic E-state index is 6.09. The summed E-state index contributed by atoms with van der Waals surface area (Å²) in [5, 5.41) is 4.04. The summed E-state index contributed by atoms with van der Waals surface area (Å²) in [6.07, 6.45) is 0. The zero-order chi connectivity index (χ0) is 14.7. The predicted octanol–water partition coefficient (Wildman–Crippen LogP) is 5.34. The average Bonchev–Trinajstić information content (AvgIpc) is 2.34. The Labute approximate surface area is 133 Å². The number of hydrogen-bond donors (Lipinski definition) is 1. The smallest absolute Gasteiger partial charge is 0.156 e. The minimum absolute atomic E-state index is 0.667. The van der Waals surface area contributed by atoms with Gasteiger partial charge in [-0.15, -0.1) is 0 Å². The van der Waals surface area contributed by atoms with E-state index in [1.807, 2.05) is 12.1 Å². The number of anilines is 1. The van der Waals surface area contributed by atoms with Crippen molar-refractivity contribution in [2.24, 2.45) is 0 Å². The number of hydrogen-bond acceptors (Lipinski definition) is 2. The standard InChI is InChI=1S/C16H17BrClNO/c1-10-4-11(2)6-12(5-10)9-19-15-8-13(18)7-14(17)16(15)20-3/h4-8,19H,9H2,1-3H3. The Kier molecular flexibility index (Phi) is 4.95. The van der Waals surface area contributed by atoms with E-state index in [2.05, 4.69) is 53.3 Å². The van der Waals surface area contributed by atoms with E-state index < -0.39 is 0 Å². The Hall–Kier alpha value is -1.19. The summed E-state index contributed by atoms with van der Waals surface area (Å²) in [7, 11) is 1.65. The van der Waals surface area contributed by atoms with Gasteiger partial charge in [-0.1, -0.05) is 40.9 Å². The van der Waals surface area contributed by atoms with E-state index in [1.165, 1.54) is 16.7 Å². The number of aryl methyl sites for hydroxylation is 2. The van der Waals surface area contributed by atoms with Gasteiger partial charge in [-0.2, -0.15) is 0 Å². The molecule has 0 atom stereocenters. The van der Waals surface area contributed by atoms with Gasteiger partial charge in [0.2, 0.25) is 0 Å². The number of halogens is 2. The van der Waals surface area contributed by atoms with E-state index >= 15 is 0 Å². The van der Waals surface area contributed by atoms with Gasteiger partial charge in [-0.25, -0.2) is 0 Å². The Morgan fingerprint density at radius 2 is 1.75 bits per heavy atom. The molecule has 20 heavy (non-hydrogen) atoms. The molecule has 1 N–H and O–H groups in total. The van der Waals surface area contributed by atoms with Crippen LogP contribution in [0.1, 0.15) is 16.7 Å². The molecule has 2 nitrogen and oxygen atoms in total. The fraction of sp³-hybridized carbons (Fsp3) is 0.250. The van der Waals surface area contributed by atoms with Crippen molar-refractivity contribution in [3.05, 3.63) is 56.5 Å². The fourth-order valence-corrected chi connectivity index (χ4v) is 3.24. The van der Waals surface area contributed by atoms with Gasteiger partial charge in [0.25, 0.3) is 0 Å². The minimum atomic E-state index is 0.667. The summed E-state index contributed by atoms with van der Waals surface area (Å²) in [6, 6.07) is 10.2. The summed E-state index contributed by atoms with van der Waals surface area (Å²) in [4.78, 5) is 0. The molecule has 0 heterocycles. The highest BCUT2D eigenvalue weighted by atomic mass is 79.9. The second-order valence-corrected chi connectivity index (χ2v) is 6.11. The molecule has 0 radical (unpaired) electrons. The lowest BCUT2D eigenvalue weighted by molar-refractivity contribution is 0.414. The molecule has 2 aromatic carbocycles. The summed E-state index contributed by atoms with van der Waals surface area (Å²) in [6.45, 7) is 4.94. The van der Waals surface area contributed by atoms with Crippen molar-refractivity contribution >= 4 is 33.2 Å². The van der Waals surface area contributed by atoms with Crippen molar-refractivity contribution in [1.29, 1.82) is 0 Å². The molecule has 0 aliphatic carbocycles. The van der Waals surface area contributed by atoms with E-state index in [9.17, 15) is 0 Å². The highest BCUT2D eigenvalue weighted by Crippen LogP contribution is 2.36. The van der Waals surface area contributed by atoms with Crippen molar-refractivity contribution in [1.82, 2.24) is 0 Å². The average molecular weight is 355 g/mol. The monoisotopic (exact) mass is 353 g/mol. The molecule has 0 aromatic heterocycles. The predicted molar refractivity (Wildman–Crippen MR) is 88.9 cm³/mol. The van der Waals surface area contributed by atoms with E-state index in [1.54, 1.807) is 7.11 Å². The van der Waals surface area contributed by atoms with Crippen molar-refractivity contribution in [3.63, 3.8) is 0 Å². The normalized spacial score (nSPS) is 10.4. The molecule has 0 fully saturated rings. The molecular formula is C16H17BrClNO. The summed E-state index contributed by atoms with van der Waals surface area (Å²) in [5.74, 6) is 0.763. The highest BCUT2D eigenvalue weighted by molar-refractivity contribution is 9.10. The van der Waals surface area contributed by atoms with Crippen LogP contribution < -0.4 is 10.1 Å². The first-order chi connectivity index (χ1) is 9.49. The number of nitrogens with one attached hydrogen (secondary N) is 1. The largest absolute Gasteiger partial charge is 0.493 e. The van der Waals surface area contributed by atoms with Crippen LogP contribution >= 0.6 is 27.5 Å². The zero-order valence-corrected chi connectivity index (χ0v) is 14.1. The van der Waals surface area contributed by atoms with Crippen LogP contribution in [-0.2, 0) is 6.54 Å². The molecule has 0 aliphatic rings. The van der Waals surface area contributed by atoms with Crippen LogP contribution in [0.15, 0.2) is 34.8 Å². The number of benzene rings is 2.